The largest absolute Gasteiger partial charge is 0.478 e. The van der Waals surface area contributed by atoms with E-state index in [0.717, 1.165) is 0 Å². The average molecular weight is 281 g/mol. The Hall–Kier alpha value is -2.27. The maximum absolute atomic E-state index is 13.3. The van der Waals surface area contributed by atoms with Gasteiger partial charge in [0.1, 0.15) is 5.82 Å². The molecule has 2 aromatic carbocycles. The molecule has 4 nitrogen and oxygen atoms in total. The van der Waals surface area contributed by atoms with E-state index in [4.69, 9.17) is 22.4 Å². The zero-order chi connectivity index (χ0) is 14.0. The molecule has 0 unspecified atom stereocenters. The number of aromatic carboxylic acids is 1. The van der Waals surface area contributed by atoms with E-state index in [1.807, 2.05) is 0 Å². The van der Waals surface area contributed by atoms with Crippen molar-refractivity contribution >= 4 is 34.6 Å². The predicted molar refractivity (Wildman–Crippen MR) is 72.5 cm³/mol. The zero-order valence-corrected chi connectivity index (χ0v) is 10.4. The lowest BCUT2D eigenvalue weighted by atomic mass is 10.1. The van der Waals surface area contributed by atoms with Gasteiger partial charge in [-0.1, -0.05) is 17.7 Å². The fourth-order valence-corrected chi connectivity index (χ4v) is 1.72. The molecule has 0 atom stereocenters. The molecule has 0 aliphatic rings. The van der Waals surface area contributed by atoms with Crippen molar-refractivity contribution in [1.29, 1.82) is 0 Å². The molecule has 0 heterocycles. The minimum Gasteiger partial charge on any atom is -0.478 e. The van der Waals surface area contributed by atoms with Crippen molar-refractivity contribution in [3.8, 4) is 0 Å². The van der Waals surface area contributed by atoms with Gasteiger partial charge in [-0.3, -0.25) is 0 Å². The first kappa shape index (κ1) is 13.2. The number of nitrogens with one attached hydrogen (secondary N) is 1. The summed E-state index contributed by atoms with van der Waals surface area (Å²) < 4.78 is 13.3. The van der Waals surface area contributed by atoms with Gasteiger partial charge in [0.25, 0.3) is 0 Å². The number of halogens is 2. The van der Waals surface area contributed by atoms with Crippen LogP contribution in [0.3, 0.4) is 0 Å². The van der Waals surface area contributed by atoms with Crippen molar-refractivity contribution in [3.05, 3.63) is 52.8 Å². The van der Waals surface area contributed by atoms with Crippen LogP contribution < -0.4 is 11.1 Å². The number of hydrogen-bond acceptors (Lipinski definition) is 3. The van der Waals surface area contributed by atoms with Crippen LogP contribution >= 0.6 is 11.6 Å². The Balaban J connectivity index is 2.42. The summed E-state index contributed by atoms with van der Waals surface area (Å²) in [4.78, 5) is 11.1. The van der Waals surface area contributed by atoms with Gasteiger partial charge in [-0.15, -0.1) is 0 Å². The fourth-order valence-electron chi connectivity index (χ4n) is 1.61. The first-order chi connectivity index (χ1) is 8.99. The van der Waals surface area contributed by atoms with Gasteiger partial charge in [0.05, 0.1) is 22.0 Å². The summed E-state index contributed by atoms with van der Waals surface area (Å²) in [5.41, 5.74) is 6.58. The molecule has 2 rings (SSSR count). The third-order valence-corrected chi connectivity index (χ3v) is 2.82. The van der Waals surface area contributed by atoms with Crippen molar-refractivity contribution < 1.29 is 14.3 Å². The van der Waals surface area contributed by atoms with Crippen LogP contribution in [0, 0.1) is 5.82 Å². The highest BCUT2D eigenvalue weighted by molar-refractivity contribution is 6.30. The number of carbonyl (C=O) groups is 1. The van der Waals surface area contributed by atoms with E-state index >= 15 is 0 Å². The van der Waals surface area contributed by atoms with Crippen LogP contribution in [-0.4, -0.2) is 11.1 Å². The SMILES string of the molecule is Nc1cccc(C(=O)O)c1Nc1ccc(Cl)c(F)c1. The van der Waals surface area contributed by atoms with E-state index in [2.05, 4.69) is 5.32 Å². The van der Waals surface area contributed by atoms with E-state index in [0.29, 0.717) is 5.69 Å². The van der Waals surface area contributed by atoms with Crippen LogP contribution in [0.1, 0.15) is 10.4 Å². The zero-order valence-electron chi connectivity index (χ0n) is 9.65. The minimum atomic E-state index is -1.12. The maximum atomic E-state index is 13.3. The summed E-state index contributed by atoms with van der Waals surface area (Å²) in [6.45, 7) is 0. The van der Waals surface area contributed by atoms with Gasteiger partial charge < -0.3 is 16.2 Å². The molecule has 0 aliphatic heterocycles. The number of carboxylic acid groups (broad SMARTS) is 1. The molecule has 0 aliphatic carbocycles. The predicted octanol–water partition coefficient (Wildman–Crippen LogP) is 3.50. The molecule has 0 amide bonds. The molecule has 19 heavy (non-hydrogen) atoms. The molecule has 0 fully saturated rings. The Morgan fingerprint density at radius 1 is 1.32 bits per heavy atom. The lowest BCUT2D eigenvalue weighted by Crippen LogP contribution is -2.05. The molecule has 0 saturated heterocycles. The Labute approximate surface area is 113 Å². The van der Waals surface area contributed by atoms with E-state index in [-0.39, 0.29) is 22.0 Å². The number of rotatable bonds is 3. The molecular weight excluding hydrogens is 271 g/mol. The van der Waals surface area contributed by atoms with Gasteiger partial charge in [-0.2, -0.15) is 0 Å². The summed E-state index contributed by atoms with van der Waals surface area (Å²) in [7, 11) is 0. The van der Waals surface area contributed by atoms with Gasteiger partial charge in [-0.05, 0) is 30.3 Å². The molecule has 0 aromatic heterocycles. The second-order valence-electron chi connectivity index (χ2n) is 3.83. The van der Waals surface area contributed by atoms with Crippen LogP contribution in [0.5, 0.6) is 0 Å². The Morgan fingerprint density at radius 2 is 2.05 bits per heavy atom. The third-order valence-electron chi connectivity index (χ3n) is 2.52. The van der Waals surface area contributed by atoms with Gasteiger partial charge in [0.15, 0.2) is 0 Å². The number of para-hydroxylation sites is 1. The maximum Gasteiger partial charge on any atom is 0.337 e. The lowest BCUT2D eigenvalue weighted by Gasteiger charge is -2.12. The van der Waals surface area contributed by atoms with E-state index in [1.54, 1.807) is 6.07 Å². The summed E-state index contributed by atoms with van der Waals surface area (Å²) in [5, 5.41) is 11.9. The van der Waals surface area contributed by atoms with Crippen molar-refractivity contribution in [1.82, 2.24) is 0 Å². The van der Waals surface area contributed by atoms with E-state index < -0.39 is 11.8 Å². The fraction of sp³-hybridized carbons (Fsp3) is 0. The summed E-state index contributed by atoms with van der Waals surface area (Å²) >= 11 is 5.58. The van der Waals surface area contributed by atoms with Crippen molar-refractivity contribution in [2.45, 2.75) is 0 Å². The lowest BCUT2D eigenvalue weighted by molar-refractivity contribution is 0.0698. The number of nitrogen functional groups attached to an aromatic ring is 1. The highest BCUT2D eigenvalue weighted by Crippen LogP contribution is 2.28. The Bertz CT molecular complexity index is 647. The monoisotopic (exact) mass is 280 g/mol. The standard InChI is InChI=1S/C13H10ClFN2O2/c14-9-5-4-7(6-10(9)15)17-12-8(13(18)19)2-1-3-11(12)16/h1-6,17H,16H2,(H,18,19). The van der Waals surface area contributed by atoms with Crippen LogP contribution in [0.15, 0.2) is 36.4 Å². The van der Waals surface area contributed by atoms with Gasteiger partial charge in [-0.25, -0.2) is 9.18 Å². The van der Waals surface area contributed by atoms with E-state index in [9.17, 15) is 9.18 Å². The Kier molecular flexibility index (Phi) is 3.57. The van der Waals surface area contributed by atoms with Crippen molar-refractivity contribution in [2.75, 3.05) is 11.1 Å². The molecule has 0 radical (unpaired) electrons. The number of carboxylic acids is 1. The van der Waals surface area contributed by atoms with Crippen LogP contribution in [0.4, 0.5) is 21.5 Å². The first-order valence-corrected chi connectivity index (χ1v) is 5.70. The molecule has 98 valence electrons. The van der Waals surface area contributed by atoms with E-state index in [1.165, 1.54) is 30.3 Å². The number of nitrogens with two attached hydrogens (primary N) is 1. The van der Waals surface area contributed by atoms with Crippen LogP contribution in [0.2, 0.25) is 5.02 Å². The number of benzene rings is 2. The average Bonchev–Trinajstić information content (AvgIpc) is 2.36. The second-order valence-corrected chi connectivity index (χ2v) is 4.24. The summed E-state index contributed by atoms with van der Waals surface area (Å²) in [5.74, 6) is -1.72. The smallest absolute Gasteiger partial charge is 0.337 e. The second kappa shape index (κ2) is 5.16. The molecule has 0 spiro atoms. The normalized spacial score (nSPS) is 10.2. The highest BCUT2D eigenvalue weighted by Gasteiger charge is 2.13. The molecule has 0 bridgehead atoms. The minimum absolute atomic E-state index is 0.00922. The highest BCUT2D eigenvalue weighted by atomic mass is 35.5. The number of hydrogen-bond donors (Lipinski definition) is 3. The molecular formula is C13H10ClFN2O2. The Morgan fingerprint density at radius 3 is 2.68 bits per heavy atom. The topological polar surface area (TPSA) is 75.4 Å². The molecule has 2 aromatic rings. The van der Waals surface area contributed by atoms with Gasteiger partial charge in [0, 0.05) is 5.69 Å². The van der Waals surface area contributed by atoms with Crippen molar-refractivity contribution in [2.24, 2.45) is 0 Å². The van der Waals surface area contributed by atoms with Crippen LogP contribution in [-0.2, 0) is 0 Å². The van der Waals surface area contributed by atoms with Gasteiger partial charge >= 0.3 is 5.97 Å². The number of anilines is 3. The molecule has 4 N–H and O–H groups in total. The van der Waals surface area contributed by atoms with Gasteiger partial charge in [0.2, 0.25) is 0 Å². The third kappa shape index (κ3) is 2.77. The van der Waals surface area contributed by atoms with Crippen LogP contribution in [0.25, 0.3) is 0 Å². The summed E-state index contributed by atoms with van der Waals surface area (Å²) in [6.07, 6.45) is 0. The summed E-state index contributed by atoms with van der Waals surface area (Å²) in [6, 6.07) is 8.57. The van der Waals surface area contributed by atoms with Crippen molar-refractivity contribution in [3.63, 3.8) is 0 Å². The molecule has 0 saturated carbocycles. The quantitative estimate of drug-likeness (QED) is 0.752. The first-order valence-electron chi connectivity index (χ1n) is 5.33. The molecule has 6 heteroatoms.